The lowest BCUT2D eigenvalue weighted by Gasteiger charge is -2.68. The second-order valence-electron chi connectivity index (χ2n) is 10.2. The van der Waals surface area contributed by atoms with Crippen molar-refractivity contribution in [2.75, 3.05) is 0 Å². The van der Waals surface area contributed by atoms with Crippen molar-refractivity contribution in [2.45, 2.75) is 84.3 Å². The summed E-state index contributed by atoms with van der Waals surface area (Å²) in [7, 11) is 0. The van der Waals surface area contributed by atoms with Crippen LogP contribution in [0.3, 0.4) is 0 Å². The number of aliphatic carboxylic acids is 1. The van der Waals surface area contributed by atoms with Gasteiger partial charge in [-0.15, -0.1) is 0 Å². The van der Waals surface area contributed by atoms with Crippen molar-refractivity contribution in [2.24, 2.45) is 16.2 Å². The van der Waals surface area contributed by atoms with Crippen LogP contribution in [-0.4, -0.2) is 28.3 Å². The second kappa shape index (κ2) is 4.42. The van der Waals surface area contributed by atoms with Gasteiger partial charge in [0.15, 0.2) is 0 Å². The van der Waals surface area contributed by atoms with Crippen molar-refractivity contribution >= 4 is 12.1 Å². The Hall–Kier alpha value is -1.26. The number of hydrogen-bond donors (Lipinski definition) is 2. The molecule has 4 rings (SSSR count). The molecule has 0 saturated heterocycles. The Morgan fingerprint density at radius 3 is 1.91 bits per heavy atom. The molecule has 0 heterocycles. The van der Waals surface area contributed by atoms with Crippen LogP contribution >= 0.6 is 0 Å². The summed E-state index contributed by atoms with van der Waals surface area (Å²) in [5, 5.41) is 13.0. The molecule has 0 aromatic heterocycles. The Balaban J connectivity index is 1.91. The topological polar surface area (TPSA) is 75.6 Å². The molecule has 4 fully saturated rings. The van der Waals surface area contributed by atoms with Gasteiger partial charge in [0.25, 0.3) is 0 Å². The highest BCUT2D eigenvalue weighted by Crippen LogP contribution is 2.70. The molecule has 1 amide bonds. The molecule has 0 aromatic rings. The molecule has 5 nitrogen and oxygen atoms in total. The van der Waals surface area contributed by atoms with E-state index in [2.05, 4.69) is 19.2 Å². The maximum absolute atomic E-state index is 12.3. The van der Waals surface area contributed by atoms with E-state index >= 15 is 0 Å². The average molecular weight is 323 g/mol. The van der Waals surface area contributed by atoms with E-state index in [1.165, 1.54) is 0 Å². The number of alkyl carbamates (subject to hydrolysis) is 1. The van der Waals surface area contributed by atoms with Gasteiger partial charge in [-0.3, -0.25) is 4.79 Å². The summed E-state index contributed by atoms with van der Waals surface area (Å²) in [5.41, 5.74) is -1.73. The molecular weight excluding hydrogens is 294 g/mol. The average Bonchev–Trinajstić information content (AvgIpc) is 2.18. The van der Waals surface area contributed by atoms with Crippen LogP contribution in [0.2, 0.25) is 0 Å². The van der Waals surface area contributed by atoms with Gasteiger partial charge in [0.1, 0.15) is 5.60 Å². The van der Waals surface area contributed by atoms with Crippen LogP contribution in [0.15, 0.2) is 0 Å². The quantitative estimate of drug-likeness (QED) is 0.812. The Kier molecular flexibility index (Phi) is 3.19. The van der Waals surface area contributed by atoms with E-state index in [1.54, 1.807) is 0 Å². The van der Waals surface area contributed by atoms with Crippen LogP contribution in [0.4, 0.5) is 4.79 Å². The van der Waals surface area contributed by atoms with Gasteiger partial charge in [-0.25, -0.2) is 4.79 Å². The largest absolute Gasteiger partial charge is 0.481 e. The van der Waals surface area contributed by atoms with Gasteiger partial charge >= 0.3 is 12.1 Å². The van der Waals surface area contributed by atoms with Gasteiger partial charge < -0.3 is 15.2 Å². The molecule has 23 heavy (non-hydrogen) atoms. The third-order valence-electron chi connectivity index (χ3n) is 5.81. The maximum atomic E-state index is 12.3. The molecule has 0 radical (unpaired) electrons. The van der Waals surface area contributed by atoms with Crippen molar-refractivity contribution in [1.82, 2.24) is 5.32 Å². The van der Waals surface area contributed by atoms with E-state index in [0.29, 0.717) is 6.42 Å². The summed E-state index contributed by atoms with van der Waals surface area (Å²) in [5.74, 6) is -0.704. The summed E-state index contributed by atoms with van der Waals surface area (Å²) in [6.45, 7) is 9.90. The lowest BCUT2D eigenvalue weighted by atomic mass is 9.38. The maximum Gasteiger partial charge on any atom is 0.408 e. The number of carboxylic acids is 1. The predicted molar refractivity (Wildman–Crippen MR) is 86.1 cm³/mol. The van der Waals surface area contributed by atoms with Crippen LogP contribution in [0, 0.1) is 16.2 Å². The summed E-state index contributed by atoms with van der Waals surface area (Å²) in [6, 6.07) is 0. The zero-order valence-electron chi connectivity index (χ0n) is 14.9. The predicted octanol–water partition coefficient (Wildman–Crippen LogP) is 3.71. The summed E-state index contributed by atoms with van der Waals surface area (Å²) < 4.78 is 5.44. The summed E-state index contributed by atoms with van der Waals surface area (Å²) in [6.07, 6.45) is 4.30. The van der Waals surface area contributed by atoms with E-state index in [9.17, 15) is 14.7 Å². The highest BCUT2D eigenvalue weighted by molar-refractivity contribution is 5.77. The van der Waals surface area contributed by atoms with Crippen molar-refractivity contribution in [3.63, 3.8) is 0 Å². The molecule has 4 aliphatic carbocycles. The fraction of sp³-hybridized carbons (Fsp3) is 0.889. The molecule has 2 unspecified atom stereocenters. The fourth-order valence-corrected chi connectivity index (χ4v) is 6.58. The van der Waals surface area contributed by atoms with Gasteiger partial charge in [0.2, 0.25) is 0 Å². The van der Waals surface area contributed by atoms with Crippen molar-refractivity contribution in [3.8, 4) is 0 Å². The first kappa shape index (κ1) is 16.6. The van der Waals surface area contributed by atoms with Gasteiger partial charge in [0.05, 0.1) is 5.41 Å². The first-order valence-corrected chi connectivity index (χ1v) is 8.53. The smallest absolute Gasteiger partial charge is 0.408 e. The molecule has 130 valence electrons. The number of ether oxygens (including phenoxy) is 1. The van der Waals surface area contributed by atoms with E-state index < -0.39 is 28.6 Å². The zero-order valence-corrected chi connectivity index (χ0v) is 14.9. The normalized spacial score (nSPS) is 44.9. The first-order valence-electron chi connectivity index (χ1n) is 8.53. The first-order chi connectivity index (χ1) is 10.3. The Labute approximate surface area is 138 Å². The molecule has 4 bridgehead atoms. The number of carbonyl (C=O) groups excluding carboxylic acids is 1. The zero-order chi connectivity index (χ0) is 17.3. The molecule has 0 aliphatic heterocycles. The SMILES string of the molecule is CC12CC3(C)CC(NC(=O)OC(C)(C)C)(C1)CC(C(=O)O)(C2)C3. The fourth-order valence-electron chi connectivity index (χ4n) is 6.58. The molecule has 0 aromatic carbocycles. The third-order valence-corrected chi connectivity index (χ3v) is 5.81. The van der Waals surface area contributed by atoms with E-state index in [4.69, 9.17) is 4.74 Å². The number of carboxylic acid groups (broad SMARTS) is 1. The Morgan fingerprint density at radius 1 is 0.957 bits per heavy atom. The van der Waals surface area contributed by atoms with Crippen molar-refractivity contribution in [1.29, 1.82) is 0 Å². The molecule has 2 N–H and O–H groups in total. The summed E-state index contributed by atoms with van der Waals surface area (Å²) in [4.78, 5) is 24.4. The molecule has 4 aliphatic rings. The number of rotatable bonds is 2. The third kappa shape index (κ3) is 2.83. The Bertz CT molecular complexity index is 544. The van der Waals surface area contributed by atoms with E-state index in [-0.39, 0.29) is 10.8 Å². The molecular formula is C18H29NO4. The van der Waals surface area contributed by atoms with E-state index in [1.807, 2.05) is 20.8 Å². The molecule has 4 saturated carbocycles. The lowest BCUT2D eigenvalue weighted by molar-refractivity contribution is -0.193. The van der Waals surface area contributed by atoms with Crippen LogP contribution in [-0.2, 0) is 9.53 Å². The summed E-state index contributed by atoms with van der Waals surface area (Å²) >= 11 is 0. The number of carbonyl (C=O) groups is 2. The minimum atomic E-state index is -0.704. The number of nitrogens with one attached hydrogen (secondary N) is 1. The second-order valence-corrected chi connectivity index (χ2v) is 10.2. The minimum absolute atomic E-state index is 0.0170. The molecule has 0 spiro atoms. The highest BCUT2D eigenvalue weighted by Gasteiger charge is 2.68. The lowest BCUT2D eigenvalue weighted by Crippen LogP contribution is -2.69. The van der Waals surface area contributed by atoms with Gasteiger partial charge in [-0.2, -0.15) is 0 Å². The van der Waals surface area contributed by atoms with Crippen LogP contribution in [0.1, 0.15) is 73.1 Å². The highest BCUT2D eigenvalue weighted by atomic mass is 16.6. The van der Waals surface area contributed by atoms with Crippen molar-refractivity contribution < 1.29 is 19.4 Å². The molecule has 5 heteroatoms. The standard InChI is InChI=1S/C18H29NO4/c1-14(2,3)23-13(22)19-18-9-15(4)6-16(5,10-18)8-17(7-15,11-18)12(20)21/h6-11H2,1-5H3,(H,19,22)(H,20,21). The monoisotopic (exact) mass is 323 g/mol. The van der Waals surface area contributed by atoms with Crippen LogP contribution in [0.5, 0.6) is 0 Å². The van der Waals surface area contributed by atoms with E-state index in [0.717, 1.165) is 32.1 Å². The Morgan fingerprint density at radius 2 is 1.48 bits per heavy atom. The minimum Gasteiger partial charge on any atom is -0.481 e. The van der Waals surface area contributed by atoms with Gasteiger partial charge in [-0.1, -0.05) is 13.8 Å². The van der Waals surface area contributed by atoms with Gasteiger partial charge in [-0.05, 0) is 70.1 Å². The van der Waals surface area contributed by atoms with Crippen molar-refractivity contribution in [3.05, 3.63) is 0 Å². The number of amides is 1. The van der Waals surface area contributed by atoms with Gasteiger partial charge in [0, 0.05) is 5.54 Å². The van der Waals surface area contributed by atoms with Crippen LogP contribution in [0.25, 0.3) is 0 Å². The number of hydrogen-bond acceptors (Lipinski definition) is 3. The van der Waals surface area contributed by atoms with Crippen LogP contribution < -0.4 is 5.32 Å². The molecule has 2 atom stereocenters.